The number of pyridine rings is 2. The van der Waals surface area contributed by atoms with Crippen molar-refractivity contribution < 1.29 is 13.2 Å². The molecule has 1 aromatic carbocycles. The summed E-state index contributed by atoms with van der Waals surface area (Å²) in [6.45, 7) is 5.24. The minimum absolute atomic E-state index is 0.0694. The number of aromatic nitrogens is 2. The molecule has 0 bridgehead atoms. The standard InChI is InChI=1S/C23H26N4O4S/c1-3-25-15-20(21(28)19-10-9-17(2)24-22(19)25)23(29)26-11-13-27(14-12-26)32(30,31)16-18-7-5-4-6-8-18/h4-10,15H,3,11-14,16H2,1-2H3. The minimum Gasteiger partial charge on any atom is -0.336 e. The highest BCUT2D eigenvalue weighted by Gasteiger charge is 2.30. The van der Waals surface area contributed by atoms with Crippen LogP contribution in [-0.2, 0) is 22.3 Å². The Balaban J connectivity index is 1.53. The van der Waals surface area contributed by atoms with Gasteiger partial charge in [0.1, 0.15) is 11.2 Å². The van der Waals surface area contributed by atoms with Gasteiger partial charge in [0.05, 0.1) is 11.1 Å². The number of aryl methyl sites for hydroxylation is 2. The molecule has 1 aliphatic rings. The number of sulfonamides is 1. The lowest BCUT2D eigenvalue weighted by molar-refractivity contribution is 0.0696. The summed E-state index contributed by atoms with van der Waals surface area (Å²) >= 11 is 0. The van der Waals surface area contributed by atoms with Gasteiger partial charge in [-0.2, -0.15) is 4.31 Å². The van der Waals surface area contributed by atoms with Crippen molar-refractivity contribution in [2.75, 3.05) is 26.2 Å². The van der Waals surface area contributed by atoms with Crippen molar-refractivity contribution in [2.45, 2.75) is 26.1 Å². The second-order valence-corrected chi connectivity index (χ2v) is 9.88. The van der Waals surface area contributed by atoms with Crippen molar-refractivity contribution in [3.05, 3.63) is 75.7 Å². The number of nitrogens with zero attached hydrogens (tertiary/aromatic N) is 4. The molecule has 168 valence electrons. The summed E-state index contributed by atoms with van der Waals surface area (Å²) in [6.07, 6.45) is 1.57. The van der Waals surface area contributed by atoms with Gasteiger partial charge >= 0.3 is 0 Å². The number of piperazine rings is 1. The maximum atomic E-state index is 13.2. The van der Waals surface area contributed by atoms with E-state index in [1.165, 1.54) is 4.31 Å². The van der Waals surface area contributed by atoms with Gasteiger partial charge in [-0.1, -0.05) is 30.3 Å². The van der Waals surface area contributed by atoms with Crippen LogP contribution in [0.1, 0.15) is 28.5 Å². The van der Waals surface area contributed by atoms with E-state index < -0.39 is 10.0 Å². The Hall–Kier alpha value is -3.04. The number of rotatable bonds is 5. The average molecular weight is 455 g/mol. The van der Waals surface area contributed by atoms with E-state index in [0.29, 0.717) is 17.6 Å². The molecule has 4 rings (SSSR count). The van der Waals surface area contributed by atoms with Crippen LogP contribution < -0.4 is 5.43 Å². The van der Waals surface area contributed by atoms with Crippen molar-refractivity contribution in [3.8, 4) is 0 Å². The molecule has 0 aliphatic carbocycles. The Kier molecular flexibility index (Phi) is 6.12. The molecule has 1 amide bonds. The zero-order valence-corrected chi connectivity index (χ0v) is 19.0. The summed E-state index contributed by atoms with van der Waals surface area (Å²) in [7, 11) is -3.48. The molecule has 1 fully saturated rings. The molecular formula is C23H26N4O4S. The molecule has 0 saturated carbocycles. The zero-order chi connectivity index (χ0) is 22.9. The van der Waals surface area contributed by atoms with Crippen molar-refractivity contribution in [2.24, 2.45) is 0 Å². The third-order valence-corrected chi connectivity index (χ3v) is 7.59. The molecule has 0 atom stereocenters. The van der Waals surface area contributed by atoms with E-state index in [1.807, 2.05) is 32.0 Å². The van der Waals surface area contributed by atoms with Gasteiger partial charge in [-0.15, -0.1) is 0 Å². The summed E-state index contributed by atoms with van der Waals surface area (Å²) in [5.74, 6) is -0.445. The number of amides is 1. The quantitative estimate of drug-likeness (QED) is 0.588. The van der Waals surface area contributed by atoms with Crippen LogP contribution in [-0.4, -0.2) is 59.3 Å². The molecule has 0 unspecified atom stereocenters. The van der Waals surface area contributed by atoms with Gasteiger partial charge in [-0.25, -0.2) is 13.4 Å². The molecule has 3 aromatic rings. The number of fused-ring (bicyclic) bond motifs is 1. The van der Waals surface area contributed by atoms with E-state index in [2.05, 4.69) is 4.98 Å². The molecule has 3 heterocycles. The first kappa shape index (κ1) is 22.2. The topological polar surface area (TPSA) is 92.6 Å². The van der Waals surface area contributed by atoms with Crippen molar-refractivity contribution in [1.82, 2.24) is 18.8 Å². The first-order valence-corrected chi connectivity index (χ1v) is 12.2. The highest BCUT2D eigenvalue weighted by atomic mass is 32.2. The SMILES string of the molecule is CCn1cc(C(=O)N2CCN(S(=O)(=O)Cc3ccccc3)CC2)c(=O)c2ccc(C)nc21. The predicted molar refractivity (Wildman–Crippen MR) is 123 cm³/mol. The maximum absolute atomic E-state index is 13.2. The van der Waals surface area contributed by atoms with Crippen LogP contribution in [0.3, 0.4) is 0 Å². The van der Waals surface area contributed by atoms with Gasteiger partial charge < -0.3 is 9.47 Å². The third-order valence-electron chi connectivity index (χ3n) is 5.74. The van der Waals surface area contributed by atoms with Crippen molar-refractivity contribution in [3.63, 3.8) is 0 Å². The van der Waals surface area contributed by atoms with Gasteiger partial charge in [0.2, 0.25) is 15.5 Å². The Morgan fingerprint density at radius 2 is 1.72 bits per heavy atom. The van der Waals surface area contributed by atoms with Crippen molar-refractivity contribution in [1.29, 1.82) is 0 Å². The second-order valence-electron chi connectivity index (χ2n) is 7.91. The van der Waals surface area contributed by atoms with Gasteiger partial charge in [0.25, 0.3) is 5.91 Å². The summed E-state index contributed by atoms with van der Waals surface area (Å²) in [5.41, 5.74) is 1.83. The molecule has 32 heavy (non-hydrogen) atoms. The van der Waals surface area contributed by atoms with Crippen LogP contribution in [0.2, 0.25) is 0 Å². The van der Waals surface area contributed by atoms with Crippen LogP contribution in [0.15, 0.2) is 53.5 Å². The number of carbonyl (C=O) groups excluding carboxylic acids is 1. The van der Waals surface area contributed by atoms with Crippen LogP contribution in [0.4, 0.5) is 0 Å². The lowest BCUT2D eigenvalue weighted by Gasteiger charge is -2.34. The number of hydrogen-bond acceptors (Lipinski definition) is 5. The van der Waals surface area contributed by atoms with E-state index in [9.17, 15) is 18.0 Å². The van der Waals surface area contributed by atoms with E-state index in [0.717, 1.165) is 11.3 Å². The van der Waals surface area contributed by atoms with Crippen LogP contribution >= 0.6 is 0 Å². The van der Waals surface area contributed by atoms with E-state index >= 15 is 0 Å². The monoisotopic (exact) mass is 454 g/mol. The first-order valence-electron chi connectivity index (χ1n) is 10.6. The molecule has 0 N–H and O–H groups in total. The molecule has 9 heteroatoms. The summed E-state index contributed by atoms with van der Waals surface area (Å²) < 4.78 is 28.8. The minimum atomic E-state index is -3.48. The highest BCUT2D eigenvalue weighted by Crippen LogP contribution is 2.16. The van der Waals surface area contributed by atoms with Gasteiger partial charge in [-0.05, 0) is 31.5 Å². The third kappa shape index (κ3) is 4.31. The highest BCUT2D eigenvalue weighted by molar-refractivity contribution is 7.88. The number of carbonyl (C=O) groups is 1. The fraction of sp³-hybridized carbons (Fsp3) is 0.348. The Bertz CT molecular complexity index is 1310. The first-order chi connectivity index (χ1) is 15.3. The van der Waals surface area contributed by atoms with Gasteiger partial charge in [0.15, 0.2) is 0 Å². The lowest BCUT2D eigenvalue weighted by atomic mass is 10.1. The normalized spacial score (nSPS) is 15.2. The lowest BCUT2D eigenvalue weighted by Crippen LogP contribution is -2.51. The molecule has 1 aliphatic heterocycles. The largest absolute Gasteiger partial charge is 0.336 e. The van der Waals surface area contributed by atoms with Crippen LogP contribution in [0, 0.1) is 6.92 Å². The fourth-order valence-corrected chi connectivity index (χ4v) is 5.49. The van der Waals surface area contributed by atoms with Gasteiger partial charge in [-0.3, -0.25) is 9.59 Å². The molecule has 8 nitrogen and oxygen atoms in total. The Morgan fingerprint density at radius 3 is 2.38 bits per heavy atom. The van der Waals surface area contributed by atoms with E-state index in [4.69, 9.17) is 0 Å². The maximum Gasteiger partial charge on any atom is 0.259 e. The Morgan fingerprint density at radius 1 is 1.03 bits per heavy atom. The van der Waals surface area contributed by atoms with Crippen LogP contribution in [0.5, 0.6) is 0 Å². The summed E-state index contributed by atoms with van der Waals surface area (Å²) in [6, 6.07) is 12.5. The average Bonchev–Trinajstić information content (AvgIpc) is 2.79. The molecule has 0 radical (unpaired) electrons. The molecule has 0 spiro atoms. The number of benzene rings is 1. The van der Waals surface area contributed by atoms with Gasteiger partial charge in [0, 0.05) is 44.6 Å². The zero-order valence-electron chi connectivity index (χ0n) is 18.2. The smallest absolute Gasteiger partial charge is 0.259 e. The Labute approximate surface area is 187 Å². The summed E-state index contributed by atoms with van der Waals surface area (Å²) in [4.78, 5) is 32.2. The molecule has 1 saturated heterocycles. The van der Waals surface area contributed by atoms with E-state index in [1.54, 1.807) is 39.9 Å². The number of hydrogen-bond donors (Lipinski definition) is 0. The second kappa shape index (κ2) is 8.84. The molecule has 2 aromatic heterocycles. The fourth-order valence-electron chi connectivity index (χ4n) is 3.97. The van der Waals surface area contributed by atoms with Crippen molar-refractivity contribution >= 4 is 27.0 Å². The molecular weight excluding hydrogens is 428 g/mol. The predicted octanol–water partition coefficient (Wildman–Crippen LogP) is 2.01. The van der Waals surface area contributed by atoms with Crippen LogP contribution in [0.25, 0.3) is 11.0 Å². The van der Waals surface area contributed by atoms with E-state index in [-0.39, 0.29) is 48.8 Å². The summed E-state index contributed by atoms with van der Waals surface area (Å²) in [5, 5.41) is 0.410.